The number of benzene rings is 1. The molecule has 170 valence electrons. The molecule has 0 spiro atoms. The summed E-state index contributed by atoms with van der Waals surface area (Å²) >= 11 is 0. The molecule has 0 aliphatic carbocycles. The van der Waals surface area contributed by atoms with Crippen molar-refractivity contribution in [1.82, 2.24) is 14.1 Å². The van der Waals surface area contributed by atoms with Gasteiger partial charge in [0.15, 0.2) is 0 Å². The Balaban J connectivity index is 1.76. The number of nitrogens with one attached hydrogen (secondary N) is 1. The van der Waals surface area contributed by atoms with Gasteiger partial charge in [0, 0.05) is 12.3 Å². The third-order valence-electron chi connectivity index (χ3n) is 4.87. The summed E-state index contributed by atoms with van der Waals surface area (Å²) in [5.41, 5.74) is 1.24. The molecule has 3 aromatic rings. The molecule has 32 heavy (non-hydrogen) atoms. The molecule has 10 heteroatoms. The van der Waals surface area contributed by atoms with Crippen molar-refractivity contribution in [3.8, 4) is 5.75 Å². The number of sulfonamides is 1. The van der Waals surface area contributed by atoms with Crippen LogP contribution in [0.25, 0.3) is 5.65 Å². The molecule has 0 aliphatic heterocycles. The summed E-state index contributed by atoms with van der Waals surface area (Å²) in [4.78, 5) is 29.4. The van der Waals surface area contributed by atoms with Crippen LogP contribution >= 0.6 is 0 Å². The first-order chi connectivity index (χ1) is 15.1. The zero-order valence-electron chi connectivity index (χ0n) is 18.2. The van der Waals surface area contributed by atoms with Crippen LogP contribution in [0.4, 0.5) is 0 Å². The smallest absolute Gasteiger partial charge is 0.324 e. The number of pyridine rings is 1. The minimum Gasteiger partial charge on any atom is -0.497 e. The van der Waals surface area contributed by atoms with Crippen LogP contribution in [-0.4, -0.2) is 36.9 Å². The van der Waals surface area contributed by atoms with E-state index >= 15 is 0 Å². The quantitative estimate of drug-likeness (QED) is 0.513. The highest BCUT2D eigenvalue weighted by Crippen LogP contribution is 2.17. The van der Waals surface area contributed by atoms with Crippen LogP contribution < -0.4 is 15.0 Å². The van der Waals surface area contributed by atoms with Gasteiger partial charge in [-0.15, -0.1) is 0 Å². The molecule has 2 aromatic heterocycles. The molecule has 1 atom stereocenters. The van der Waals surface area contributed by atoms with Crippen LogP contribution in [0.3, 0.4) is 0 Å². The number of methoxy groups -OCH3 is 1. The van der Waals surface area contributed by atoms with Crippen molar-refractivity contribution in [1.29, 1.82) is 0 Å². The second-order valence-electron chi connectivity index (χ2n) is 7.60. The number of hydrogen-bond acceptors (Lipinski definition) is 7. The highest BCUT2D eigenvalue weighted by molar-refractivity contribution is 7.89. The lowest BCUT2D eigenvalue weighted by atomic mass is 10.1. The van der Waals surface area contributed by atoms with E-state index in [0.717, 1.165) is 5.56 Å². The number of aromatic nitrogens is 2. The van der Waals surface area contributed by atoms with Gasteiger partial charge in [-0.2, -0.15) is 4.72 Å². The monoisotopic (exact) mass is 459 g/mol. The van der Waals surface area contributed by atoms with Gasteiger partial charge < -0.3 is 9.47 Å². The van der Waals surface area contributed by atoms with E-state index in [1.54, 1.807) is 26.1 Å². The Labute approximate surface area is 186 Å². The molecule has 3 rings (SSSR count). The molecular weight excluding hydrogens is 434 g/mol. The molecule has 0 radical (unpaired) electrons. The van der Waals surface area contributed by atoms with Crippen LogP contribution in [0.5, 0.6) is 5.75 Å². The van der Waals surface area contributed by atoms with Crippen molar-refractivity contribution in [3.63, 3.8) is 0 Å². The fourth-order valence-electron chi connectivity index (χ4n) is 3.06. The predicted molar refractivity (Wildman–Crippen MR) is 118 cm³/mol. The Bertz CT molecular complexity index is 1280. The zero-order valence-corrected chi connectivity index (χ0v) is 19.0. The maximum Gasteiger partial charge on any atom is 0.324 e. The van der Waals surface area contributed by atoms with Gasteiger partial charge in [0.25, 0.3) is 5.56 Å². The van der Waals surface area contributed by atoms with Gasteiger partial charge in [0.05, 0.1) is 17.7 Å². The first kappa shape index (κ1) is 23.4. The fourth-order valence-corrected chi connectivity index (χ4v) is 4.40. The molecule has 1 N–H and O–H groups in total. The van der Waals surface area contributed by atoms with Crippen LogP contribution in [0.15, 0.2) is 58.4 Å². The molecular formula is C22H25N3O6S. The second kappa shape index (κ2) is 9.49. The van der Waals surface area contributed by atoms with E-state index in [1.807, 2.05) is 13.0 Å². The van der Waals surface area contributed by atoms with E-state index < -0.39 is 22.0 Å². The molecule has 0 bridgehead atoms. The molecule has 2 heterocycles. The van der Waals surface area contributed by atoms with Crippen LogP contribution in [0.2, 0.25) is 0 Å². The average Bonchev–Trinajstić information content (AvgIpc) is 2.76. The Morgan fingerprint density at radius 3 is 2.50 bits per heavy atom. The van der Waals surface area contributed by atoms with E-state index in [4.69, 9.17) is 9.47 Å². The van der Waals surface area contributed by atoms with Gasteiger partial charge in [-0.05, 0) is 48.7 Å². The third-order valence-corrected chi connectivity index (χ3v) is 6.33. The van der Waals surface area contributed by atoms with E-state index in [2.05, 4.69) is 9.71 Å². The predicted octanol–water partition coefficient (Wildman–Crippen LogP) is 2.06. The number of carbonyl (C=O) groups is 1. The second-order valence-corrected chi connectivity index (χ2v) is 9.31. The molecule has 0 amide bonds. The normalized spacial score (nSPS) is 12.7. The standard InChI is InChI=1S/C22H25N3O6S/c1-14(2)20(24-32(28,29)18-9-7-17(30-4)8-10-18)22(27)31-13-16-12-19(26)25-11-5-6-15(3)21(25)23-16/h5-12,14,20,24H,13H2,1-4H3/t20-/m0/s1. The Hall–Kier alpha value is -3.24. The molecule has 1 aromatic carbocycles. The summed E-state index contributed by atoms with van der Waals surface area (Å²) in [5.74, 6) is -0.630. The van der Waals surface area contributed by atoms with Crippen molar-refractivity contribution in [2.75, 3.05) is 7.11 Å². The lowest BCUT2D eigenvalue weighted by Crippen LogP contribution is -2.45. The Kier molecular flexibility index (Phi) is 6.95. The number of carbonyl (C=O) groups excluding carboxylic acids is 1. The van der Waals surface area contributed by atoms with Gasteiger partial charge in [-0.25, -0.2) is 13.4 Å². The largest absolute Gasteiger partial charge is 0.497 e. The molecule has 0 aliphatic rings. The third kappa shape index (κ3) is 5.14. The van der Waals surface area contributed by atoms with Crippen LogP contribution in [0, 0.1) is 12.8 Å². The lowest BCUT2D eigenvalue weighted by molar-refractivity contribution is -0.148. The van der Waals surface area contributed by atoms with Gasteiger partial charge in [-0.3, -0.25) is 14.0 Å². The SMILES string of the molecule is COc1ccc(S(=O)(=O)N[C@H](C(=O)OCc2cc(=O)n3cccc(C)c3n2)C(C)C)cc1. The summed E-state index contributed by atoms with van der Waals surface area (Å²) in [5, 5.41) is 0. The minimum absolute atomic E-state index is 0.00329. The van der Waals surface area contributed by atoms with Gasteiger partial charge in [0.2, 0.25) is 10.0 Å². The topological polar surface area (TPSA) is 116 Å². The first-order valence-electron chi connectivity index (χ1n) is 9.93. The summed E-state index contributed by atoms with van der Waals surface area (Å²) in [7, 11) is -2.50. The summed E-state index contributed by atoms with van der Waals surface area (Å²) in [6.45, 7) is 4.96. The number of hydrogen-bond donors (Lipinski definition) is 1. The van der Waals surface area contributed by atoms with Gasteiger partial charge in [0.1, 0.15) is 24.0 Å². The minimum atomic E-state index is -3.97. The number of rotatable bonds is 8. The van der Waals surface area contributed by atoms with Crippen LogP contribution in [-0.2, 0) is 26.2 Å². The molecule has 0 saturated heterocycles. The van der Waals surface area contributed by atoms with Crippen LogP contribution in [0.1, 0.15) is 25.1 Å². The van der Waals surface area contributed by atoms with E-state index in [1.165, 1.54) is 41.8 Å². The van der Waals surface area contributed by atoms with Crippen molar-refractivity contribution < 1.29 is 22.7 Å². The molecule has 9 nitrogen and oxygen atoms in total. The van der Waals surface area contributed by atoms with Crippen molar-refractivity contribution in [2.24, 2.45) is 5.92 Å². The summed E-state index contributed by atoms with van der Waals surface area (Å²) in [6.07, 6.45) is 1.61. The fraction of sp³-hybridized carbons (Fsp3) is 0.318. The van der Waals surface area contributed by atoms with Gasteiger partial charge in [-0.1, -0.05) is 19.9 Å². The average molecular weight is 460 g/mol. The highest BCUT2D eigenvalue weighted by Gasteiger charge is 2.30. The first-order valence-corrected chi connectivity index (χ1v) is 11.4. The summed E-state index contributed by atoms with van der Waals surface area (Å²) < 4.78 is 39.6. The zero-order chi connectivity index (χ0) is 23.5. The maximum atomic E-state index is 12.7. The van der Waals surface area contributed by atoms with E-state index in [9.17, 15) is 18.0 Å². The van der Waals surface area contributed by atoms with Crippen molar-refractivity contribution in [3.05, 3.63) is 70.3 Å². The molecule has 0 unspecified atom stereocenters. The number of nitrogens with zero attached hydrogens (tertiary/aromatic N) is 2. The molecule has 0 fully saturated rings. The number of ether oxygens (including phenoxy) is 2. The van der Waals surface area contributed by atoms with Crippen molar-refractivity contribution in [2.45, 2.75) is 38.3 Å². The Morgan fingerprint density at radius 1 is 1.19 bits per heavy atom. The maximum absolute atomic E-state index is 12.7. The highest BCUT2D eigenvalue weighted by atomic mass is 32.2. The Morgan fingerprint density at radius 2 is 1.88 bits per heavy atom. The summed E-state index contributed by atoms with van der Waals surface area (Å²) in [6, 6.07) is 9.54. The van der Waals surface area contributed by atoms with E-state index in [0.29, 0.717) is 11.4 Å². The molecule has 0 saturated carbocycles. The van der Waals surface area contributed by atoms with Crippen molar-refractivity contribution >= 4 is 21.6 Å². The number of fused-ring (bicyclic) bond motifs is 1. The number of aryl methyl sites for hydroxylation is 1. The lowest BCUT2D eigenvalue weighted by Gasteiger charge is -2.21. The number of esters is 1. The van der Waals surface area contributed by atoms with E-state index in [-0.39, 0.29) is 28.7 Å². The van der Waals surface area contributed by atoms with Gasteiger partial charge >= 0.3 is 5.97 Å².